The zero-order valence-corrected chi connectivity index (χ0v) is 14.4. The quantitative estimate of drug-likeness (QED) is 0.713. The van der Waals surface area contributed by atoms with E-state index in [2.05, 4.69) is 23.8 Å². The summed E-state index contributed by atoms with van der Waals surface area (Å²) in [5, 5.41) is 5.72. The van der Waals surface area contributed by atoms with Gasteiger partial charge in [-0.3, -0.25) is 4.79 Å². The molecule has 1 aliphatic heterocycles. The highest BCUT2D eigenvalue weighted by atomic mass is 16.5. The van der Waals surface area contributed by atoms with Gasteiger partial charge in [-0.05, 0) is 30.5 Å². The Kier molecular flexibility index (Phi) is 7.22. The van der Waals surface area contributed by atoms with Crippen LogP contribution in [0.5, 0.6) is 0 Å². The third-order valence-corrected chi connectivity index (χ3v) is 3.85. The Morgan fingerprint density at radius 2 is 2.04 bits per heavy atom. The van der Waals surface area contributed by atoms with Crippen molar-refractivity contribution >= 4 is 17.6 Å². The Labute approximate surface area is 148 Å². The van der Waals surface area contributed by atoms with Gasteiger partial charge in [0.05, 0.1) is 0 Å². The van der Waals surface area contributed by atoms with E-state index < -0.39 is 0 Å². The molecule has 1 aliphatic rings. The van der Waals surface area contributed by atoms with E-state index >= 15 is 0 Å². The summed E-state index contributed by atoms with van der Waals surface area (Å²) in [4.78, 5) is 25.9. The summed E-state index contributed by atoms with van der Waals surface area (Å²) in [6, 6.07) is 7.22. The first kappa shape index (κ1) is 18.7. The molecule has 0 aliphatic carbocycles. The summed E-state index contributed by atoms with van der Waals surface area (Å²) in [5.74, 6) is -0.123. The first-order valence-electron chi connectivity index (χ1n) is 8.40. The van der Waals surface area contributed by atoms with Crippen LogP contribution in [0.25, 0.3) is 0 Å². The van der Waals surface area contributed by atoms with Crippen LogP contribution in [0, 0.1) is 0 Å². The zero-order chi connectivity index (χ0) is 18.1. The van der Waals surface area contributed by atoms with Gasteiger partial charge in [-0.25, -0.2) is 4.79 Å². The van der Waals surface area contributed by atoms with Crippen LogP contribution < -0.4 is 10.6 Å². The average molecular weight is 343 g/mol. The molecule has 1 aromatic carbocycles. The molecule has 25 heavy (non-hydrogen) atoms. The normalized spacial score (nSPS) is 16.1. The highest BCUT2D eigenvalue weighted by molar-refractivity contribution is 5.94. The van der Waals surface area contributed by atoms with Gasteiger partial charge in [0, 0.05) is 31.9 Å². The van der Waals surface area contributed by atoms with Crippen molar-refractivity contribution in [1.29, 1.82) is 0 Å². The molecule has 1 fully saturated rings. The monoisotopic (exact) mass is 343 g/mol. The Morgan fingerprint density at radius 3 is 2.68 bits per heavy atom. The molecule has 2 N–H and O–H groups in total. The number of hydrogen-bond acceptors (Lipinski definition) is 3. The molecule has 0 radical (unpaired) electrons. The molecule has 1 aromatic rings. The lowest BCUT2D eigenvalue weighted by atomic mass is 10.2. The Morgan fingerprint density at radius 1 is 1.28 bits per heavy atom. The lowest BCUT2D eigenvalue weighted by molar-refractivity contribution is -0.124. The molecule has 0 spiro atoms. The Bertz CT molecular complexity index is 614. The maximum atomic E-state index is 12.2. The molecular weight excluding hydrogens is 318 g/mol. The van der Waals surface area contributed by atoms with Crippen LogP contribution in [0.4, 0.5) is 10.5 Å². The number of urea groups is 1. The lowest BCUT2D eigenvalue weighted by Crippen LogP contribution is -2.39. The second-order valence-corrected chi connectivity index (χ2v) is 5.83. The largest absolute Gasteiger partial charge is 0.368 e. The van der Waals surface area contributed by atoms with Crippen LogP contribution in [-0.4, -0.2) is 42.6 Å². The van der Waals surface area contributed by atoms with Gasteiger partial charge < -0.3 is 20.3 Å². The maximum absolute atomic E-state index is 12.2. The van der Waals surface area contributed by atoms with Gasteiger partial charge in [-0.1, -0.05) is 24.3 Å². The van der Waals surface area contributed by atoms with Gasteiger partial charge in [0.15, 0.2) is 0 Å². The van der Waals surface area contributed by atoms with Crippen LogP contribution in [0.15, 0.2) is 49.6 Å². The zero-order valence-electron chi connectivity index (χ0n) is 14.4. The third-order valence-electron chi connectivity index (χ3n) is 3.85. The predicted octanol–water partition coefficient (Wildman–Crippen LogP) is 2.69. The van der Waals surface area contributed by atoms with E-state index in [9.17, 15) is 9.59 Å². The van der Waals surface area contributed by atoms with Crippen molar-refractivity contribution < 1.29 is 14.3 Å². The van der Waals surface area contributed by atoms with Crippen molar-refractivity contribution in [1.82, 2.24) is 10.2 Å². The number of nitrogens with one attached hydrogen (secondary N) is 2. The maximum Gasteiger partial charge on any atom is 0.318 e. The standard InChI is InChI=1S/C19H25N3O3/c1-3-10-22(11-4-2)19(24)20-14-15-7-5-8-16(13-15)21-18(23)17-9-6-12-25-17/h3-5,7-8,13,17H,1-2,6,9-12,14H2,(H,20,24)(H,21,23). The van der Waals surface area contributed by atoms with E-state index in [0.29, 0.717) is 31.9 Å². The molecule has 0 bridgehead atoms. The first-order valence-corrected chi connectivity index (χ1v) is 8.40. The van der Waals surface area contributed by atoms with E-state index in [1.807, 2.05) is 24.3 Å². The smallest absolute Gasteiger partial charge is 0.318 e. The van der Waals surface area contributed by atoms with Gasteiger partial charge in [0.1, 0.15) is 6.10 Å². The minimum absolute atomic E-state index is 0.123. The molecule has 1 atom stereocenters. The molecule has 1 heterocycles. The molecule has 0 saturated carbocycles. The van der Waals surface area contributed by atoms with E-state index in [1.54, 1.807) is 17.1 Å². The molecule has 0 aromatic heterocycles. The van der Waals surface area contributed by atoms with E-state index in [4.69, 9.17) is 4.74 Å². The molecular formula is C19H25N3O3. The summed E-state index contributed by atoms with van der Waals surface area (Å²) in [6.07, 6.45) is 4.64. The molecule has 1 unspecified atom stereocenters. The number of nitrogens with zero attached hydrogens (tertiary/aromatic N) is 1. The van der Waals surface area contributed by atoms with Gasteiger partial charge in [-0.15, -0.1) is 13.2 Å². The number of benzene rings is 1. The number of anilines is 1. The predicted molar refractivity (Wildman–Crippen MR) is 98.2 cm³/mol. The first-order chi connectivity index (χ1) is 12.1. The molecule has 1 saturated heterocycles. The summed E-state index contributed by atoms with van der Waals surface area (Å²) in [7, 11) is 0. The number of ether oxygens (including phenoxy) is 1. The van der Waals surface area contributed by atoms with E-state index in [0.717, 1.165) is 18.4 Å². The van der Waals surface area contributed by atoms with Crippen molar-refractivity contribution in [2.45, 2.75) is 25.5 Å². The fraction of sp³-hybridized carbons (Fsp3) is 0.368. The second kappa shape index (κ2) is 9.64. The fourth-order valence-electron chi connectivity index (χ4n) is 2.61. The van der Waals surface area contributed by atoms with Crippen LogP contribution in [-0.2, 0) is 16.1 Å². The fourth-order valence-corrected chi connectivity index (χ4v) is 2.61. The van der Waals surface area contributed by atoms with Crippen molar-refractivity contribution in [3.8, 4) is 0 Å². The van der Waals surface area contributed by atoms with Gasteiger partial charge in [0.2, 0.25) is 0 Å². The van der Waals surface area contributed by atoms with E-state index in [1.165, 1.54) is 0 Å². The van der Waals surface area contributed by atoms with Crippen LogP contribution in [0.1, 0.15) is 18.4 Å². The lowest BCUT2D eigenvalue weighted by Gasteiger charge is -2.20. The van der Waals surface area contributed by atoms with Gasteiger partial charge in [0.25, 0.3) is 5.91 Å². The van der Waals surface area contributed by atoms with Crippen molar-refractivity contribution in [2.75, 3.05) is 25.0 Å². The van der Waals surface area contributed by atoms with E-state index in [-0.39, 0.29) is 18.0 Å². The van der Waals surface area contributed by atoms with Gasteiger partial charge >= 0.3 is 6.03 Å². The van der Waals surface area contributed by atoms with Crippen molar-refractivity contribution in [2.24, 2.45) is 0 Å². The van der Waals surface area contributed by atoms with Crippen LogP contribution in [0.3, 0.4) is 0 Å². The third kappa shape index (κ3) is 5.76. The molecule has 2 rings (SSSR count). The van der Waals surface area contributed by atoms with Crippen LogP contribution >= 0.6 is 0 Å². The Hall–Kier alpha value is -2.60. The molecule has 134 valence electrons. The number of rotatable bonds is 8. The topological polar surface area (TPSA) is 70.7 Å². The average Bonchev–Trinajstić information content (AvgIpc) is 3.14. The second-order valence-electron chi connectivity index (χ2n) is 5.83. The Balaban J connectivity index is 1.89. The van der Waals surface area contributed by atoms with Gasteiger partial charge in [-0.2, -0.15) is 0 Å². The minimum Gasteiger partial charge on any atom is -0.368 e. The molecule has 6 heteroatoms. The minimum atomic E-state index is -0.366. The van der Waals surface area contributed by atoms with Crippen LogP contribution in [0.2, 0.25) is 0 Å². The summed E-state index contributed by atoms with van der Waals surface area (Å²) in [5.41, 5.74) is 1.59. The summed E-state index contributed by atoms with van der Waals surface area (Å²) >= 11 is 0. The summed E-state index contributed by atoms with van der Waals surface area (Å²) < 4.78 is 5.38. The van der Waals surface area contributed by atoms with Crippen molar-refractivity contribution in [3.05, 3.63) is 55.1 Å². The molecule has 3 amide bonds. The number of amides is 3. The number of carbonyl (C=O) groups is 2. The molecule has 6 nitrogen and oxygen atoms in total. The highest BCUT2D eigenvalue weighted by Crippen LogP contribution is 2.16. The SMILES string of the molecule is C=CCN(CC=C)C(=O)NCc1cccc(NC(=O)C2CCCO2)c1. The number of carbonyl (C=O) groups excluding carboxylic acids is 2. The summed E-state index contributed by atoms with van der Waals surface area (Å²) in [6.45, 7) is 9.21. The van der Waals surface area contributed by atoms with Crippen molar-refractivity contribution in [3.63, 3.8) is 0 Å². The number of hydrogen-bond donors (Lipinski definition) is 2. The highest BCUT2D eigenvalue weighted by Gasteiger charge is 2.23.